The van der Waals surface area contributed by atoms with Crippen molar-refractivity contribution in [2.24, 2.45) is 0 Å². The predicted octanol–water partition coefficient (Wildman–Crippen LogP) is 2.61. The van der Waals surface area contributed by atoms with Gasteiger partial charge >= 0.3 is 0 Å². The van der Waals surface area contributed by atoms with Crippen LogP contribution in [-0.2, 0) is 4.74 Å². The number of rotatable bonds is 1. The van der Waals surface area contributed by atoms with Crippen LogP contribution in [0.3, 0.4) is 0 Å². The van der Waals surface area contributed by atoms with Gasteiger partial charge in [-0.25, -0.2) is 4.98 Å². The first-order valence-electron chi connectivity index (χ1n) is 4.95. The molecule has 0 spiro atoms. The van der Waals surface area contributed by atoms with E-state index >= 15 is 0 Å². The Morgan fingerprint density at radius 2 is 2.13 bits per heavy atom. The largest absolute Gasteiger partial charge is 0.381 e. The average Bonchev–Trinajstić information content (AvgIpc) is 2.31. The fourth-order valence-corrected chi connectivity index (χ4v) is 2.07. The first-order chi connectivity index (χ1) is 7.31. The van der Waals surface area contributed by atoms with Crippen LogP contribution < -0.4 is 0 Å². The standard InChI is InChI=1S/C11H11BrN2O/c12-9-1-2-10(14-11(9)7-13)8-3-5-15-6-4-8/h1-2,8H,3-6H2. The van der Waals surface area contributed by atoms with Crippen molar-refractivity contribution in [2.45, 2.75) is 18.8 Å². The van der Waals surface area contributed by atoms with Gasteiger partial charge in [-0.3, -0.25) is 0 Å². The second kappa shape index (κ2) is 4.73. The maximum Gasteiger partial charge on any atom is 0.154 e. The summed E-state index contributed by atoms with van der Waals surface area (Å²) < 4.78 is 6.06. The third-order valence-electron chi connectivity index (χ3n) is 2.61. The second-order valence-corrected chi connectivity index (χ2v) is 4.42. The highest BCUT2D eigenvalue weighted by molar-refractivity contribution is 9.10. The van der Waals surface area contributed by atoms with Crippen LogP contribution in [0.15, 0.2) is 16.6 Å². The molecule has 1 fully saturated rings. The van der Waals surface area contributed by atoms with Crippen LogP contribution in [0.4, 0.5) is 0 Å². The molecule has 78 valence electrons. The Morgan fingerprint density at radius 3 is 2.80 bits per heavy atom. The quantitative estimate of drug-likeness (QED) is 0.785. The SMILES string of the molecule is N#Cc1nc(C2CCOCC2)ccc1Br. The monoisotopic (exact) mass is 266 g/mol. The molecule has 0 unspecified atom stereocenters. The lowest BCUT2D eigenvalue weighted by atomic mass is 9.96. The van der Waals surface area contributed by atoms with Gasteiger partial charge in [-0.2, -0.15) is 5.26 Å². The number of nitriles is 1. The number of nitrogens with zero attached hydrogens (tertiary/aromatic N) is 2. The number of halogens is 1. The van der Waals surface area contributed by atoms with Crippen LogP contribution in [0, 0.1) is 11.3 Å². The first-order valence-corrected chi connectivity index (χ1v) is 5.75. The summed E-state index contributed by atoms with van der Waals surface area (Å²) in [5.41, 5.74) is 1.48. The molecule has 1 aliphatic heterocycles. The fraction of sp³-hybridized carbons (Fsp3) is 0.455. The summed E-state index contributed by atoms with van der Waals surface area (Å²) in [5.74, 6) is 0.443. The Balaban J connectivity index is 2.25. The van der Waals surface area contributed by atoms with Crippen molar-refractivity contribution in [1.82, 2.24) is 4.98 Å². The Bertz CT molecular complexity index is 394. The number of aromatic nitrogens is 1. The topological polar surface area (TPSA) is 45.9 Å². The highest BCUT2D eigenvalue weighted by Crippen LogP contribution is 2.27. The summed E-state index contributed by atoms with van der Waals surface area (Å²) in [6, 6.07) is 5.97. The van der Waals surface area contributed by atoms with Gasteiger partial charge in [-0.05, 0) is 40.9 Å². The minimum absolute atomic E-state index is 0.443. The van der Waals surface area contributed by atoms with Gasteiger partial charge in [0, 0.05) is 24.8 Å². The lowest BCUT2D eigenvalue weighted by Crippen LogP contribution is -2.15. The zero-order valence-electron chi connectivity index (χ0n) is 8.24. The third kappa shape index (κ3) is 2.36. The molecule has 0 saturated carbocycles. The van der Waals surface area contributed by atoms with Gasteiger partial charge in [0.1, 0.15) is 6.07 Å². The van der Waals surface area contributed by atoms with Crippen molar-refractivity contribution in [1.29, 1.82) is 5.26 Å². The van der Waals surface area contributed by atoms with Crippen molar-refractivity contribution in [3.63, 3.8) is 0 Å². The molecule has 0 radical (unpaired) electrons. The molecular weight excluding hydrogens is 256 g/mol. The smallest absolute Gasteiger partial charge is 0.154 e. The van der Waals surface area contributed by atoms with E-state index in [0.717, 1.165) is 36.2 Å². The zero-order valence-corrected chi connectivity index (χ0v) is 9.83. The second-order valence-electron chi connectivity index (χ2n) is 3.56. The molecular formula is C11H11BrN2O. The predicted molar refractivity (Wildman–Crippen MR) is 59.4 cm³/mol. The Kier molecular flexibility index (Phi) is 3.34. The van der Waals surface area contributed by atoms with Crippen LogP contribution in [0.25, 0.3) is 0 Å². The van der Waals surface area contributed by atoms with Gasteiger partial charge in [-0.1, -0.05) is 0 Å². The molecule has 2 heterocycles. The molecule has 1 aromatic heterocycles. The van der Waals surface area contributed by atoms with Crippen molar-refractivity contribution in [3.05, 3.63) is 28.0 Å². The van der Waals surface area contributed by atoms with Crippen molar-refractivity contribution >= 4 is 15.9 Å². The Labute approximate surface area is 97.2 Å². The summed E-state index contributed by atoms with van der Waals surface area (Å²) in [6.45, 7) is 1.59. The van der Waals surface area contributed by atoms with Crippen LogP contribution in [0.2, 0.25) is 0 Å². The van der Waals surface area contributed by atoms with E-state index in [9.17, 15) is 0 Å². The maximum absolute atomic E-state index is 8.87. The summed E-state index contributed by atoms with van der Waals surface area (Å²) in [4.78, 5) is 4.35. The molecule has 0 aliphatic carbocycles. The summed E-state index contributed by atoms with van der Waals surface area (Å²) >= 11 is 3.30. The number of ether oxygens (including phenoxy) is 1. The van der Waals surface area contributed by atoms with E-state index in [1.165, 1.54) is 0 Å². The van der Waals surface area contributed by atoms with E-state index in [0.29, 0.717) is 11.6 Å². The molecule has 15 heavy (non-hydrogen) atoms. The van der Waals surface area contributed by atoms with Crippen LogP contribution in [0.1, 0.15) is 30.1 Å². The van der Waals surface area contributed by atoms with Crippen LogP contribution in [-0.4, -0.2) is 18.2 Å². The van der Waals surface area contributed by atoms with Gasteiger partial charge in [0.05, 0.1) is 4.47 Å². The summed E-state index contributed by atoms with van der Waals surface area (Å²) in [6.07, 6.45) is 2.00. The maximum atomic E-state index is 8.87. The van der Waals surface area contributed by atoms with Crippen molar-refractivity contribution < 1.29 is 4.74 Å². The highest BCUT2D eigenvalue weighted by Gasteiger charge is 2.17. The van der Waals surface area contributed by atoms with Crippen molar-refractivity contribution in [3.8, 4) is 6.07 Å². The average molecular weight is 267 g/mol. The third-order valence-corrected chi connectivity index (χ3v) is 3.25. The Hall–Kier alpha value is -0.920. The molecule has 0 bridgehead atoms. The molecule has 3 nitrogen and oxygen atoms in total. The van der Waals surface area contributed by atoms with Gasteiger partial charge in [0.25, 0.3) is 0 Å². The molecule has 0 N–H and O–H groups in total. The van der Waals surface area contributed by atoms with Crippen LogP contribution in [0.5, 0.6) is 0 Å². The van der Waals surface area contributed by atoms with E-state index in [4.69, 9.17) is 10.00 Å². The normalized spacial score (nSPS) is 17.3. The van der Waals surface area contributed by atoms with E-state index in [1.54, 1.807) is 0 Å². The van der Waals surface area contributed by atoms with Gasteiger partial charge in [-0.15, -0.1) is 0 Å². The van der Waals surface area contributed by atoms with E-state index in [-0.39, 0.29) is 0 Å². The van der Waals surface area contributed by atoms with E-state index in [2.05, 4.69) is 27.0 Å². The fourth-order valence-electron chi connectivity index (χ4n) is 1.76. The molecule has 2 rings (SSSR count). The van der Waals surface area contributed by atoms with Gasteiger partial charge in [0.2, 0.25) is 0 Å². The number of pyridine rings is 1. The molecule has 1 aliphatic rings. The van der Waals surface area contributed by atoms with Gasteiger partial charge < -0.3 is 4.74 Å². The first kappa shape index (κ1) is 10.6. The minimum atomic E-state index is 0.443. The summed E-state index contributed by atoms with van der Waals surface area (Å²) in [7, 11) is 0. The molecule has 1 aromatic rings. The molecule has 0 atom stereocenters. The molecule has 1 saturated heterocycles. The zero-order chi connectivity index (χ0) is 10.7. The van der Waals surface area contributed by atoms with Crippen molar-refractivity contribution in [2.75, 3.05) is 13.2 Å². The minimum Gasteiger partial charge on any atom is -0.381 e. The lowest BCUT2D eigenvalue weighted by molar-refractivity contribution is 0.0845. The Morgan fingerprint density at radius 1 is 1.40 bits per heavy atom. The van der Waals surface area contributed by atoms with E-state index in [1.807, 2.05) is 12.1 Å². The molecule has 4 heteroatoms. The van der Waals surface area contributed by atoms with E-state index < -0.39 is 0 Å². The number of hydrogen-bond acceptors (Lipinski definition) is 3. The summed E-state index contributed by atoms with van der Waals surface area (Å²) in [5, 5.41) is 8.87. The molecule has 0 amide bonds. The number of hydrogen-bond donors (Lipinski definition) is 0. The highest BCUT2D eigenvalue weighted by atomic mass is 79.9. The molecule has 0 aromatic carbocycles. The van der Waals surface area contributed by atoms with Crippen LogP contribution >= 0.6 is 15.9 Å². The lowest BCUT2D eigenvalue weighted by Gasteiger charge is -2.21. The van der Waals surface area contributed by atoms with Gasteiger partial charge in [0.15, 0.2) is 5.69 Å².